The Morgan fingerprint density at radius 1 is 0.284 bits per heavy atom. The average molecular weight is 1300 g/mol. The molecule has 0 bridgehead atoms. The SMILES string of the molecule is CC(C)CCCCCCCCCCCCCCCC(=O)O[C@H](COC(=O)CCCCCCCCC(C)C)COP(=O)(O)OC[C@@H](O)COP(=O)(O)OC[C@@H](COC(=O)CCCCCCCCC(C)C)OC(=O)CCCCCCCCCCCCCC(C)C. The molecular weight excluding hydrogens is 1160 g/mol. The third-order valence-electron chi connectivity index (χ3n) is 15.8. The highest BCUT2D eigenvalue weighted by Crippen LogP contribution is 2.45. The number of unbranched alkanes of at least 4 members (excludes halogenated alkanes) is 32. The number of aliphatic hydroxyl groups excluding tert-OH is 1. The predicted octanol–water partition coefficient (Wildman–Crippen LogP) is 19.3. The first-order valence-corrected chi connectivity index (χ1v) is 38.7. The summed E-state index contributed by atoms with van der Waals surface area (Å²) in [7, 11) is -9.90. The molecule has 0 aromatic rings. The molecule has 522 valence electrons. The number of hydrogen-bond donors (Lipinski definition) is 3. The van der Waals surface area contributed by atoms with Crippen LogP contribution in [0.4, 0.5) is 0 Å². The number of aliphatic hydroxyl groups is 1. The van der Waals surface area contributed by atoms with Crippen LogP contribution in [0.15, 0.2) is 0 Å². The molecule has 17 nitrogen and oxygen atoms in total. The van der Waals surface area contributed by atoms with Crippen LogP contribution in [0.25, 0.3) is 0 Å². The summed E-state index contributed by atoms with van der Waals surface area (Å²) in [6.45, 7) is 14.0. The minimum absolute atomic E-state index is 0.105. The monoisotopic (exact) mass is 1300 g/mol. The lowest BCUT2D eigenvalue weighted by Gasteiger charge is -2.21. The van der Waals surface area contributed by atoms with Gasteiger partial charge in [-0.1, -0.05) is 287 Å². The average Bonchev–Trinajstić information content (AvgIpc) is 3.36. The van der Waals surface area contributed by atoms with E-state index in [1.165, 1.54) is 128 Å². The van der Waals surface area contributed by atoms with Crippen molar-refractivity contribution < 1.29 is 80.2 Å². The highest BCUT2D eigenvalue weighted by atomic mass is 31.2. The molecule has 88 heavy (non-hydrogen) atoms. The largest absolute Gasteiger partial charge is 0.472 e. The fourth-order valence-electron chi connectivity index (χ4n) is 10.3. The van der Waals surface area contributed by atoms with Crippen molar-refractivity contribution in [3.63, 3.8) is 0 Å². The van der Waals surface area contributed by atoms with Crippen molar-refractivity contribution in [2.24, 2.45) is 23.7 Å². The Morgan fingerprint density at radius 2 is 0.477 bits per heavy atom. The Kier molecular flexibility index (Phi) is 57.6. The molecule has 19 heteroatoms. The number of phosphoric acid groups is 2. The quantitative estimate of drug-likeness (QED) is 0.0222. The molecule has 0 aliphatic carbocycles. The van der Waals surface area contributed by atoms with E-state index >= 15 is 0 Å². The molecule has 0 heterocycles. The third-order valence-corrected chi connectivity index (χ3v) is 17.7. The molecule has 3 N–H and O–H groups in total. The third kappa shape index (κ3) is 62.8. The summed E-state index contributed by atoms with van der Waals surface area (Å²) in [5, 5.41) is 10.6. The molecule has 0 aromatic heterocycles. The smallest absolute Gasteiger partial charge is 0.462 e. The van der Waals surface area contributed by atoms with Gasteiger partial charge in [0.25, 0.3) is 0 Å². The summed E-state index contributed by atoms with van der Waals surface area (Å²) in [6, 6.07) is 0. The second-order valence-corrected chi connectivity index (χ2v) is 29.7. The molecule has 0 aliphatic rings. The fraction of sp³-hybridized carbons (Fsp3) is 0.942. The van der Waals surface area contributed by atoms with E-state index in [1.54, 1.807) is 0 Å². The fourth-order valence-corrected chi connectivity index (χ4v) is 11.9. The summed E-state index contributed by atoms with van der Waals surface area (Å²) >= 11 is 0. The van der Waals surface area contributed by atoms with Gasteiger partial charge in [0.1, 0.15) is 19.3 Å². The van der Waals surface area contributed by atoms with E-state index in [-0.39, 0.29) is 25.7 Å². The highest BCUT2D eigenvalue weighted by Gasteiger charge is 2.30. The van der Waals surface area contributed by atoms with E-state index in [0.717, 1.165) is 115 Å². The normalized spacial score (nSPS) is 14.3. The van der Waals surface area contributed by atoms with Gasteiger partial charge in [0, 0.05) is 25.7 Å². The predicted molar refractivity (Wildman–Crippen MR) is 354 cm³/mol. The maximum atomic E-state index is 13.0. The number of carbonyl (C=O) groups is 4. The Labute approximate surface area is 537 Å². The summed E-state index contributed by atoms with van der Waals surface area (Å²) in [4.78, 5) is 72.4. The van der Waals surface area contributed by atoms with E-state index in [9.17, 15) is 43.2 Å². The molecule has 0 saturated carbocycles. The number of ether oxygens (including phenoxy) is 4. The Morgan fingerprint density at radius 3 is 0.705 bits per heavy atom. The van der Waals surface area contributed by atoms with Crippen molar-refractivity contribution in [3.8, 4) is 0 Å². The lowest BCUT2D eigenvalue weighted by molar-refractivity contribution is -0.161. The molecule has 0 amide bonds. The van der Waals surface area contributed by atoms with Gasteiger partial charge in [0.05, 0.1) is 26.4 Å². The first-order valence-electron chi connectivity index (χ1n) is 35.7. The summed E-state index contributed by atoms with van der Waals surface area (Å²) in [5.41, 5.74) is 0. The van der Waals surface area contributed by atoms with Gasteiger partial charge in [0.2, 0.25) is 0 Å². The van der Waals surface area contributed by atoms with Gasteiger partial charge in [-0.2, -0.15) is 0 Å². The summed E-state index contributed by atoms with van der Waals surface area (Å²) in [6.07, 6.45) is 40.6. The molecule has 2 unspecified atom stereocenters. The second kappa shape index (κ2) is 58.8. The van der Waals surface area contributed by atoms with Gasteiger partial charge in [-0.3, -0.25) is 37.3 Å². The number of phosphoric ester groups is 2. The minimum Gasteiger partial charge on any atom is -0.462 e. The molecule has 0 spiro atoms. The van der Waals surface area contributed by atoms with Crippen LogP contribution >= 0.6 is 15.6 Å². The number of hydrogen-bond acceptors (Lipinski definition) is 15. The first-order chi connectivity index (χ1) is 42.1. The van der Waals surface area contributed by atoms with Crippen LogP contribution in [-0.2, 0) is 65.4 Å². The van der Waals surface area contributed by atoms with Crippen LogP contribution in [0.1, 0.15) is 338 Å². The molecule has 0 fully saturated rings. The molecule has 0 radical (unpaired) electrons. The Hall–Kier alpha value is -1.94. The Balaban J connectivity index is 5.22. The minimum atomic E-state index is -4.95. The van der Waals surface area contributed by atoms with Crippen molar-refractivity contribution in [1.29, 1.82) is 0 Å². The van der Waals surface area contributed by atoms with Gasteiger partial charge >= 0.3 is 39.5 Å². The lowest BCUT2D eigenvalue weighted by Crippen LogP contribution is -2.30. The lowest BCUT2D eigenvalue weighted by atomic mass is 10.0. The zero-order chi connectivity index (χ0) is 65.4. The van der Waals surface area contributed by atoms with Crippen LogP contribution in [0, 0.1) is 23.7 Å². The molecule has 0 aromatic carbocycles. The molecule has 0 rings (SSSR count). The summed E-state index contributed by atoms with van der Waals surface area (Å²) in [5.74, 6) is 0.777. The maximum absolute atomic E-state index is 13.0. The van der Waals surface area contributed by atoms with Gasteiger partial charge in [-0.05, 0) is 49.4 Å². The molecular formula is C69H134O17P2. The van der Waals surface area contributed by atoms with E-state index in [4.69, 9.17) is 37.0 Å². The van der Waals surface area contributed by atoms with Crippen LogP contribution < -0.4 is 0 Å². The maximum Gasteiger partial charge on any atom is 0.472 e. The molecule has 0 aliphatic heterocycles. The molecule has 5 atom stereocenters. The second-order valence-electron chi connectivity index (χ2n) is 26.8. The molecule has 0 saturated heterocycles. The van der Waals surface area contributed by atoms with Crippen LogP contribution in [0.2, 0.25) is 0 Å². The van der Waals surface area contributed by atoms with Crippen molar-refractivity contribution in [2.45, 2.75) is 356 Å². The van der Waals surface area contributed by atoms with E-state index < -0.39 is 97.5 Å². The van der Waals surface area contributed by atoms with Crippen LogP contribution in [0.5, 0.6) is 0 Å². The van der Waals surface area contributed by atoms with E-state index in [1.807, 2.05) is 0 Å². The zero-order valence-electron chi connectivity index (χ0n) is 57.3. The van der Waals surface area contributed by atoms with Crippen LogP contribution in [0.3, 0.4) is 0 Å². The zero-order valence-corrected chi connectivity index (χ0v) is 59.1. The van der Waals surface area contributed by atoms with E-state index in [2.05, 4.69) is 55.4 Å². The van der Waals surface area contributed by atoms with Gasteiger partial charge in [-0.15, -0.1) is 0 Å². The van der Waals surface area contributed by atoms with Crippen molar-refractivity contribution in [1.82, 2.24) is 0 Å². The number of esters is 4. The van der Waals surface area contributed by atoms with Gasteiger partial charge in [0.15, 0.2) is 12.2 Å². The highest BCUT2D eigenvalue weighted by molar-refractivity contribution is 7.47. The number of carbonyl (C=O) groups excluding carboxylic acids is 4. The standard InChI is InChI=1S/C69H134O17P2/c1-59(2)45-37-29-21-17-13-10-9-11-15-19-23-35-43-51-68(73)85-64(55-79-66(71)49-41-33-27-25-31-39-47-61(5)6)57-83-87(75,76)81-53-63(70)54-82-88(77,78)84-58-65(56-80-67(72)50-42-34-28-26-32-40-48-62(7)8)86-69(74)52-44-36-24-20-16-12-14-18-22-30-38-46-60(3)4/h59-65,70H,9-58H2,1-8H3,(H,75,76)(H,77,78)/t63-,64-,65-/m1/s1. The van der Waals surface area contributed by atoms with Crippen molar-refractivity contribution in [2.75, 3.05) is 39.6 Å². The van der Waals surface area contributed by atoms with Crippen molar-refractivity contribution in [3.05, 3.63) is 0 Å². The topological polar surface area (TPSA) is 237 Å². The number of rotatable bonds is 66. The Bertz CT molecular complexity index is 1750. The van der Waals surface area contributed by atoms with Crippen molar-refractivity contribution >= 4 is 39.5 Å². The van der Waals surface area contributed by atoms with Gasteiger partial charge < -0.3 is 33.8 Å². The first kappa shape index (κ1) is 86.1. The van der Waals surface area contributed by atoms with Crippen LogP contribution in [-0.4, -0.2) is 96.7 Å². The summed E-state index contributed by atoms with van der Waals surface area (Å²) < 4.78 is 68.2. The van der Waals surface area contributed by atoms with E-state index in [0.29, 0.717) is 37.5 Å². The van der Waals surface area contributed by atoms with Gasteiger partial charge in [-0.25, -0.2) is 9.13 Å².